The maximum Gasteiger partial charge on any atom is 0.216 e. The van der Waals surface area contributed by atoms with Crippen molar-refractivity contribution in [3.8, 4) is 0 Å². The van der Waals surface area contributed by atoms with Crippen LogP contribution in [0, 0.1) is 0 Å². The van der Waals surface area contributed by atoms with Gasteiger partial charge in [0, 0.05) is 17.6 Å². The molecule has 0 radical (unpaired) electrons. The van der Waals surface area contributed by atoms with Crippen LogP contribution < -0.4 is 4.72 Å². The highest BCUT2D eigenvalue weighted by molar-refractivity contribution is 9.10. The molecule has 1 aliphatic heterocycles. The Labute approximate surface area is 158 Å². The van der Waals surface area contributed by atoms with Crippen molar-refractivity contribution in [3.05, 3.63) is 69.7 Å². The summed E-state index contributed by atoms with van der Waals surface area (Å²) < 4.78 is 28.1. The van der Waals surface area contributed by atoms with Crippen LogP contribution >= 0.6 is 15.9 Å². The third-order valence-electron chi connectivity index (χ3n) is 4.39. The van der Waals surface area contributed by atoms with Crippen molar-refractivity contribution in [2.75, 3.05) is 13.1 Å². The van der Waals surface area contributed by atoms with Gasteiger partial charge in [0.05, 0.1) is 5.75 Å². The number of nitrogens with one attached hydrogen (secondary N) is 1. The zero-order chi connectivity index (χ0) is 17.7. The largest absolute Gasteiger partial charge is 0.299 e. The molecule has 25 heavy (non-hydrogen) atoms. The monoisotopic (exact) mass is 422 g/mol. The second-order valence-electron chi connectivity index (χ2n) is 6.51. The van der Waals surface area contributed by atoms with E-state index in [0.29, 0.717) is 6.54 Å². The topological polar surface area (TPSA) is 49.4 Å². The van der Waals surface area contributed by atoms with Crippen molar-refractivity contribution in [1.29, 1.82) is 0 Å². The quantitative estimate of drug-likeness (QED) is 0.740. The first-order valence-electron chi connectivity index (χ1n) is 8.52. The molecule has 0 bridgehead atoms. The Bertz CT molecular complexity index is 783. The van der Waals surface area contributed by atoms with E-state index in [-0.39, 0.29) is 5.75 Å². The number of nitrogens with zero attached hydrogens (tertiary/aromatic N) is 1. The Morgan fingerprint density at radius 2 is 1.44 bits per heavy atom. The zero-order valence-corrected chi connectivity index (χ0v) is 16.5. The van der Waals surface area contributed by atoms with E-state index in [1.807, 2.05) is 36.4 Å². The van der Waals surface area contributed by atoms with Gasteiger partial charge in [0.25, 0.3) is 0 Å². The second kappa shape index (κ2) is 8.45. The molecule has 2 aromatic rings. The van der Waals surface area contributed by atoms with E-state index >= 15 is 0 Å². The smallest absolute Gasteiger partial charge is 0.216 e. The van der Waals surface area contributed by atoms with E-state index in [0.717, 1.165) is 22.1 Å². The molecule has 1 fully saturated rings. The van der Waals surface area contributed by atoms with Crippen molar-refractivity contribution in [2.45, 2.75) is 31.7 Å². The minimum Gasteiger partial charge on any atom is -0.299 e. The molecule has 1 N–H and O–H groups in total. The molecular weight excluding hydrogens is 400 g/mol. The summed E-state index contributed by atoms with van der Waals surface area (Å²) in [6, 6.07) is 15.5. The molecule has 1 heterocycles. The second-order valence-corrected chi connectivity index (χ2v) is 9.23. The Kier molecular flexibility index (Phi) is 6.28. The molecule has 0 spiro atoms. The third kappa shape index (κ3) is 5.92. The third-order valence-corrected chi connectivity index (χ3v) is 6.22. The van der Waals surface area contributed by atoms with Crippen molar-refractivity contribution >= 4 is 26.0 Å². The van der Waals surface area contributed by atoms with Gasteiger partial charge in [0.2, 0.25) is 10.0 Å². The van der Waals surface area contributed by atoms with Crippen LogP contribution in [0.4, 0.5) is 0 Å². The summed E-state index contributed by atoms with van der Waals surface area (Å²) in [5.41, 5.74) is 3.03. The molecule has 3 rings (SSSR count). The minimum atomic E-state index is -3.35. The molecule has 1 aliphatic rings. The first-order chi connectivity index (χ1) is 12.0. The number of likely N-dealkylation sites (tertiary alicyclic amines) is 1. The van der Waals surface area contributed by atoms with Crippen LogP contribution in [-0.2, 0) is 28.9 Å². The van der Waals surface area contributed by atoms with Crippen LogP contribution in [0.5, 0.6) is 0 Å². The Balaban J connectivity index is 1.52. The van der Waals surface area contributed by atoms with Crippen LogP contribution in [0.1, 0.15) is 29.5 Å². The highest BCUT2D eigenvalue weighted by atomic mass is 79.9. The molecular formula is C19H23BrN2O2S. The molecule has 0 amide bonds. The Hall–Kier alpha value is -1.21. The lowest BCUT2D eigenvalue weighted by Gasteiger charge is -2.14. The van der Waals surface area contributed by atoms with E-state index < -0.39 is 10.0 Å². The van der Waals surface area contributed by atoms with Crippen molar-refractivity contribution in [1.82, 2.24) is 9.62 Å². The fourth-order valence-corrected chi connectivity index (χ4v) is 4.39. The Morgan fingerprint density at radius 1 is 0.880 bits per heavy atom. The molecule has 0 unspecified atom stereocenters. The van der Waals surface area contributed by atoms with Gasteiger partial charge in [-0.25, -0.2) is 13.1 Å². The van der Waals surface area contributed by atoms with Gasteiger partial charge < -0.3 is 0 Å². The number of rotatable bonds is 7. The van der Waals surface area contributed by atoms with E-state index in [4.69, 9.17) is 0 Å². The lowest BCUT2D eigenvalue weighted by atomic mass is 10.1. The summed E-state index contributed by atoms with van der Waals surface area (Å²) in [5, 5.41) is 0. The predicted octanol–water partition coefficient (Wildman–Crippen LogP) is 3.66. The van der Waals surface area contributed by atoms with Crippen molar-refractivity contribution in [3.63, 3.8) is 0 Å². The molecule has 0 saturated carbocycles. The highest BCUT2D eigenvalue weighted by Crippen LogP contribution is 2.14. The van der Waals surface area contributed by atoms with E-state index in [2.05, 4.69) is 37.7 Å². The van der Waals surface area contributed by atoms with Gasteiger partial charge >= 0.3 is 0 Å². The van der Waals surface area contributed by atoms with E-state index in [1.165, 1.54) is 31.5 Å². The highest BCUT2D eigenvalue weighted by Gasteiger charge is 2.13. The van der Waals surface area contributed by atoms with Gasteiger partial charge in [-0.05, 0) is 54.8 Å². The molecule has 2 aromatic carbocycles. The molecule has 134 valence electrons. The van der Waals surface area contributed by atoms with Crippen LogP contribution in [0.2, 0.25) is 0 Å². The van der Waals surface area contributed by atoms with Crippen LogP contribution in [-0.4, -0.2) is 26.4 Å². The standard InChI is InChI=1S/C19H23BrN2O2S/c20-19-9-7-18(8-10-19)15-25(23,24)21-13-16-3-5-17(6-4-16)14-22-11-1-2-12-22/h3-10,21H,1-2,11-15H2. The molecule has 0 aromatic heterocycles. The fraction of sp³-hybridized carbons (Fsp3) is 0.368. The summed E-state index contributed by atoms with van der Waals surface area (Å²) in [6.45, 7) is 3.66. The van der Waals surface area contributed by atoms with Crippen molar-refractivity contribution in [2.24, 2.45) is 0 Å². The van der Waals surface area contributed by atoms with Crippen LogP contribution in [0.3, 0.4) is 0 Å². The first kappa shape index (κ1) is 18.6. The molecule has 1 saturated heterocycles. The Morgan fingerprint density at radius 3 is 2.08 bits per heavy atom. The summed E-state index contributed by atoms with van der Waals surface area (Å²) in [5.74, 6) is -0.00662. The normalized spacial score (nSPS) is 15.6. The molecule has 6 heteroatoms. The van der Waals surface area contributed by atoms with Crippen LogP contribution in [0.25, 0.3) is 0 Å². The molecule has 0 aliphatic carbocycles. The van der Waals surface area contributed by atoms with Gasteiger partial charge in [-0.2, -0.15) is 0 Å². The zero-order valence-electron chi connectivity index (χ0n) is 14.1. The lowest BCUT2D eigenvalue weighted by Crippen LogP contribution is -2.24. The average molecular weight is 423 g/mol. The lowest BCUT2D eigenvalue weighted by molar-refractivity contribution is 0.331. The summed E-state index contributed by atoms with van der Waals surface area (Å²) in [6.07, 6.45) is 2.58. The van der Waals surface area contributed by atoms with Gasteiger partial charge in [0.1, 0.15) is 0 Å². The van der Waals surface area contributed by atoms with Crippen LogP contribution in [0.15, 0.2) is 53.0 Å². The maximum absolute atomic E-state index is 12.2. The summed E-state index contributed by atoms with van der Waals surface area (Å²) in [7, 11) is -3.35. The van der Waals surface area contributed by atoms with Gasteiger partial charge in [-0.1, -0.05) is 52.3 Å². The first-order valence-corrected chi connectivity index (χ1v) is 11.0. The summed E-state index contributed by atoms with van der Waals surface area (Å²) in [4.78, 5) is 2.45. The molecule has 4 nitrogen and oxygen atoms in total. The minimum absolute atomic E-state index is 0.00662. The number of benzene rings is 2. The SMILES string of the molecule is O=S(=O)(Cc1ccc(Br)cc1)NCc1ccc(CN2CCCC2)cc1. The van der Waals surface area contributed by atoms with Gasteiger partial charge in [-0.3, -0.25) is 4.90 Å². The number of sulfonamides is 1. The number of hydrogen-bond donors (Lipinski definition) is 1. The number of hydrogen-bond acceptors (Lipinski definition) is 3. The fourth-order valence-electron chi connectivity index (χ4n) is 3.01. The number of halogens is 1. The molecule has 0 atom stereocenters. The van der Waals surface area contributed by atoms with E-state index in [9.17, 15) is 8.42 Å². The average Bonchev–Trinajstić information content (AvgIpc) is 3.09. The predicted molar refractivity (Wildman–Crippen MR) is 105 cm³/mol. The summed E-state index contributed by atoms with van der Waals surface area (Å²) >= 11 is 3.35. The van der Waals surface area contributed by atoms with E-state index in [1.54, 1.807) is 0 Å². The van der Waals surface area contributed by atoms with Crippen molar-refractivity contribution < 1.29 is 8.42 Å². The maximum atomic E-state index is 12.2. The van der Waals surface area contributed by atoms with Gasteiger partial charge in [-0.15, -0.1) is 0 Å². The van der Waals surface area contributed by atoms with Gasteiger partial charge in [0.15, 0.2) is 0 Å².